The van der Waals surface area contributed by atoms with E-state index in [2.05, 4.69) is 0 Å². The number of hydrogen-bond donors (Lipinski definition) is 5. The Hall–Kier alpha value is -0.950. The Labute approximate surface area is 84.9 Å². The maximum atomic E-state index is 10.9. The van der Waals surface area contributed by atoms with Crippen molar-refractivity contribution in [2.75, 3.05) is 0 Å². The zero-order valence-corrected chi connectivity index (χ0v) is 8.55. The van der Waals surface area contributed by atoms with E-state index in [1.807, 2.05) is 0 Å². The predicted octanol–water partition coefficient (Wildman–Crippen LogP) is -0.841. The van der Waals surface area contributed by atoms with E-state index >= 15 is 0 Å². The lowest BCUT2D eigenvalue weighted by molar-refractivity contribution is -0.140. The van der Waals surface area contributed by atoms with Crippen molar-refractivity contribution in [3.63, 3.8) is 0 Å². The van der Waals surface area contributed by atoms with Crippen molar-refractivity contribution >= 4 is 19.5 Å². The second-order valence-electron chi connectivity index (χ2n) is 3.11. The van der Waals surface area contributed by atoms with E-state index < -0.39 is 44.1 Å². The van der Waals surface area contributed by atoms with Gasteiger partial charge in [0.1, 0.15) is 5.28 Å². The zero-order chi connectivity index (χ0) is 12.3. The van der Waals surface area contributed by atoms with Crippen LogP contribution in [0.4, 0.5) is 0 Å². The molecule has 0 aromatic carbocycles. The fourth-order valence-corrected chi connectivity index (χ4v) is 1.67. The van der Waals surface area contributed by atoms with E-state index in [9.17, 15) is 14.2 Å². The Morgan fingerprint density at radius 1 is 1.20 bits per heavy atom. The number of carboxylic acid groups (broad SMARTS) is 2. The Morgan fingerprint density at radius 2 is 1.67 bits per heavy atom. The summed E-state index contributed by atoms with van der Waals surface area (Å²) in [5.41, 5.74) is 5.22. The molecule has 0 saturated heterocycles. The lowest BCUT2D eigenvalue weighted by Gasteiger charge is -2.27. The van der Waals surface area contributed by atoms with Crippen molar-refractivity contribution in [1.29, 1.82) is 0 Å². The third kappa shape index (κ3) is 4.39. The van der Waals surface area contributed by atoms with Crippen LogP contribution in [0, 0.1) is 0 Å². The van der Waals surface area contributed by atoms with Gasteiger partial charge in [-0.05, 0) is 6.42 Å². The smallest absolute Gasteiger partial charge is 0.345 e. The molecule has 0 rings (SSSR count). The number of hydrogen-bond acceptors (Lipinski definition) is 4. The fraction of sp³-hybridized carbons (Fsp3) is 0.667. The zero-order valence-electron chi connectivity index (χ0n) is 7.66. The molecule has 0 saturated carbocycles. The van der Waals surface area contributed by atoms with E-state index in [1.54, 1.807) is 0 Å². The molecule has 1 unspecified atom stereocenters. The lowest BCUT2D eigenvalue weighted by atomic mass is 10.1. The normalized spacial score (nSPS) is 15.7. The van der Waals surface area contributed by atoms with Crippen LogP contribution in [0.15, 0.2) is 0 Å². The third-order valence-electron chi connectivity index (χ3n) is 1.81. The summed E-state index contributed by atoms with van der Waals surface area (Å²) >= 11 is 0. The number of rotatable bonds is 6. The first-order valence-corrected chi connectivity index (χ1v) is 5.48. The molecule has 0 aliphatic heterocycles. The summed E-state index contributed by atoms with van der Waals surface area (Å²) in [4.78, 5) is 38.2. The van der Waals surface area contributed by atoms with Crippen LogP contribution in [0.2, 0.25) is 0 Å². The number of aliphatic carboxylic acids is 2. The highest BCUT2D eigenvalue weighted by molar-refractivity contribution is 7.53. The average molecular weight is 241 g/mol. The molecule has 0 bridgehead atoms. The summed E-state index contributed by atoms with van der Waals surface area (Å²) in [7, 11) is -4.86. The van der Waals surface area contributed by atoms with Crippen molar-refractivity contribution in [1.82, 2.24) is 0 Å². The fourth-order valence-electron chi connectivity index (χ4n) is 0.922. The molecule has 6 N–H and O–H groups in total. The standard InChI is InChI=1S/C6H12NO7P/c7-6(3-5(10)11,15(12,13)14)2-1-4(8)9/h1-3,7H2,(H,8,9)(H,10,11)(H2,12,13,14). The van der Waals surface area contributed by atoms with Crippen LogP contribution in [0.1, 0.15) is 19.3 Å². The summed E-state index contributed by atoms with van der Waals surface area (Å²) in [5, 5.41) is 14.4. The van der Waals surface area contributed by atoms with Gasteiger partial charge in [-0.1, -0.05) is 0 Å². The highest BCUT2D eigenvalue weighted by atomic mass is 31.2. The van der Waals surface area contributed by atoms with Crippen molar-refractivity contribution in [2.45, 2.75) is 24.5 Å². The van der Waals surface area contributed by atoms with Gasteiger partial charge >= 0.3 is 19.5 Å². The van der Waals surface area contributed by atoms with E-state index in [1.165, 1.54) is 0 Å². The average Bonchev–Trinajstić information content (AvgIpc) is 1.97. The highest BCUT2D eigenvalue weighted by Crippen LogP contribution is 2.51. The predicted molar refractivity (Wildman–Crippen MR) is 48.1 cm³/mol. The van der Waals surface area contributed by atoms with Gasteiger partial charge in [0.15, 0.2) is 0 Å². The molecular weight excluding hydrogens is 229 g/mol. The van der Waals surface area contributed by atoms with Gasteiger partial charge in [-0.3, -0.25) is 14.2 Å². The van der Waals surface area contributed by atoms with E-state index in [4.69, 9.17) is 25.7 Å². The maximum absolute atomic E-state index is 10.9. The molecule has 0 aliphatic carbocycles. The van der Waals surface area contributed by atoms with Crippen LogP contribution < -0.4 is 5.73 Å². The van der Waals surface area contributed by atoms with Gasteiger partial charge in [-0.2, -0.15) is 0 Å². The molecular formula is C6H12NO7P. The van der Waals surface area contributed by atoms with Gasteiger partial charge in [0, 0.05) is 6.42 Å². The highest BCUT2D eigenvalue weighted by Gasteiger charge is 2.45. The first-order valence-electron chi connectivity index (χ1n) is 3.86. The summed E-state index contributed by atoms with van der Waals surface area (Å²) in [6, 6.07) is 0. The Morgan fingerprint density at radius 3 is 1.93 bits per heavy atom. The summed E-state index contributed by atoms with van der Waals surface area (Å²) < 4.78 is 10.9. The minimum absolute atomic E-state index is 0.598. The van der Waals surface area contributed by atoms with Crippen LogP contribution in [-0.2, 0) is 14.2 Å². The topological polar surface area (TPSA) is 158 Å². The number of carboxylic acids is 2. The third-order valence-corrected chi connectivity index (χ3v) is 3.35. The molecule has 0 aromatic rings. The quantitative estimate of drug-likeness (QED) is 0.376. The second-order valence-corrected chi connectivity index (χ2v) is 5.09. The second kappa shape index (κ2) is 4.71. The number of nitrogens with two attached hydrogens (primary N) is 1. The van der Waals surface area contributed by atoms with E-state index in [0.29, 0.717) is 0 Å². The first kappa shape index (κ1) is 14.1. The van der Waals surface area contributed by atoms with Crippen LogP contribution in [0.5, 0.6) is 0 Å². The molecule has 0 radical (unpaired) electrons. The van der Waals surface area contributed by atoms with Crippen LogP contribution >= 0.6 is 7.60 Å². The lowest BCUT2D eigenvalue weighted by Crippen LogP contribution is -2.42. The van der Waals surface area contributed by atoms with Gasteiger partial charge in [-0.25, -0.2) is 0 Å². The molecule has 0 fully saturated rings. The molecule has 0 aromatic heterocycles. The summed E-state index contributed by atoms with van der Waals surface area (Å²) in [6.45, 7) is 0. The van der Waals surface area contributed by atoms with Crippen LogP contribution in [0.3, 0.4) is 0 Å². The molecule has 8 nitrogen and oxygen atoms in total. The van der Waals surface area contributed by atoms with Gasteiger partial charge in [0.2, 0.25) is 0 Å². The monoisotopic (exact) mass is 241 g/mol. The van der Waals surface area contributed by atoms with Gasteiger partial charge in [-0.15, -0.1) is 0 Å². The van der Waals surface area contributed by atoms with Gasteiger partial charge in [0.25, 0.3) is 0 Å². The van der Waals surface area contributed by atoms with Crippen molar-refractivity contribution in [2.24, 2.45) is 5.73 Å². The molecule has 0 spiro atoms. The molecule has 1 atom stereocenters. The molecule has 15 heavy (non-hydrogen) atoms. The number of carbonyl (C=O) groups is 2. The van der Waals surface area contributed by atoms with Gasteiger partial charge in [0.05, 0.1) is 6.42 Å². The molecule has 0 heterocycles. The SMILES string of the molecule is NC(CCC(=O)O)(CC(=O)O)P(=O)(O)O. The Kier molecular flexibility index (Phi) is 4.42. The molecule has 88 valence electrons. The minimum atomic E-state index is -4.86. The van der Waals surface area contributed by atoms with E-state index in [0.717, 1.165) is 0 Å². The summed E-state index contributed by atoms with van der Waals surface area (Å²) in [5.74, 6) is -2.80. The Bertz CT molecular complexity index is 311. The van der Waals surface area contributed by atoms with Crippen molar-refractivity contribution in [3.05, 3.63) is 0 Å². The van der Waals surface area contributed by atoms with Gasteiger partial charge < -0.3 is 25.7 Å². The van der Waals surface area contributed by atoms with Crippen molar-refractivity contribution < 1.29 is 34.2 Å². The minimum Gasteiger partial charge on any atom is -0.481 e. The van der Waals surface area contributed by atoms with E-state index in [-0.39, 0.29) is 0 Å². The molecule has 0 amide bonds. The maximum Gasteiger partial charge on any atom is 0.345 e. The summed E-state index contributed by atoms with van der Waals surface area (Å²) in [6.07, 6.45) is -2.18. The molecule has 0 aliphatic rings. The Balaban J connectivity index is 4.79. The molecule has 9 heteroatoms. The van der Waals surface area contributed by atoms with Crippen LogP contribution in [-0.4, -0.2) is 37.2 Å². The van der Waals surface area contributed by atoms with Crippen molar-refractivity contribution in [3.8, 4) is 0 Å². The first-order chi connectivity index (χ1) is 6.58. The van der Waals surface area contributed by atoms with Crippen LogP contribution in [0.25, 0.3) is 0 Å². The largest absolute Gasteiger partial charge is 0.481 e.